The second-order valence-electron chi connectivity index (χ2n) is 8.01. The predicted molar refractivity (Wildman–Crippen MR) is 119 cm³/mol. The zero-order valence-corrected chi connectivity index (χ0v) is 18.3. The zero-order chi connectivity index (χ0) is 22.7. The van der Waals surface area contributed by atoms with Crippen LogP contribution < -0.4 is 4.74 Å². The summed E-state index contributed by atoms with van der Waals surface area (Å²) in [4.78, 5) is 28.7. The largest absolute Gasteiger partial charge is 0.496 e. The Morgan fingerprint density at radius 2 is 1.75 bits per heavy atom. The number of piperazine rings is 1. The number of nitrogens with zero attached hydrogens (tertiary/aromatic N) is 4. The number of halogens is 1. The number of hydrazone groups is 1. The maximum absolute atomic E-state index is 14.5. The van der Waals surface area contributed by atoms with Gasteiger partial charge in [0.1, 0.15) is 11.6 Å². The minimum absolute atomic E-state index is 0.0471. The van der Waals surface area contributed by atoms with E-state index in [2.05, 4.69) is 5.10 Å². The Bertz CT molecular complexity index is 1030. The van der Waals surface area contributed by atoms with E-state index in [9.17, 15) is 14.0 Å². The number of rotatable bonds is 5. The van der Waals surface area contributed by atoms with Crippen molar-refractivity contribution in [2.24, 2.45) is 5.10 Å². The molecule has 2 aromatic carbocycles. The standard InChI is InChI=1S/C24H27FN4O3/c1-17(30)28-13-11-27(12-14-28)16-24(31)29-22(19-8-4-6-10-23(19)32-2)15-21(26-29)18-7-3-5-9-20(18)25/h3-10,22H,11-16H2,1-2H3/t22-/m1/s1. The summed E-state index contributed by atoms with van der Waals surface area (Å²) in [5.41, 5.74) is 1.77. The zero-order valence-electron chi connectivity index (χ0n) is 18.3. The van der Waals surface area contributed by atoms with E-state index in [1.165, 1.54) is 11.1 Å². The number of carbonyl (C=O) groups excluding carboxylic acids is 2. The van der Waals surface area contributed by atoms with E-state index in [-0.39, 0.29) is 30.2 Å². The molecule has 0 aliphatic carbocycles. The fourth-order valence-corrected chi connectivity index (χ4v) is 4.27. The average molecular weight is 439 g/mol. The van der Waals surface area contributed by atoms with Crippen LogP contribution in [0.2, 0.25) is 0 Å². The Labute approximate surface area is 187 Å². The van der Waals surface area contributed by atoms with Gasteiger partial charge in [-0.15, -0.1) is 0 Å². The number of hydrogen-bond acceptors (Lipinski definition) is 5. The van der Waals surface area contributed by atoms with Gasteiger partial charge in [-0.25, -0.2) is 9.40 Å². The monoisotopic (exact) mass is 438 g/mol. The van der Waals surface area contributed by atoms with Gasteiger partial charge in [0.2, 0.25) is 5.91 Å². The molecule has 7 nitrogen and oxygen atoms in total. The van der Waals surface area contributed by atoms with Crippen LogP contribution in [0.3, 0.4) is 0 Å². The number of benzene rings is 2. The number of hydrogen-bond donors (Lipinski definition) is 0. The van der Waals surface area contributed by atoms with Gasteiger partial charge in [0.25, 0.3) is 5.91 Å². The molecular formula is C24H27FN4O3. The van der Waals surface area contributed by atoms with Crippen LogP contribution in [0, 0.1) is 5.82 Å². The van der Waals surface area contributed by atoms with Crippen LogP contribution >= 0.6 is 0 Å². The number of methoxy groups -OCH3 is 1. The first kappa shape index (κ1) is 22.0. The van der Waals surface area contributed by atoms with Crippen molar-refractivity contribution in [1.29, 1.82) is 0 Å². The Morgan fingerprint density at radius 3 is 2.44 bits per heavy atom. The fraction of sp³-hybridized carbons (Fsp3) is 0.375. The van der Waals surface area contributed by atoms with Crippen LogP contribution in [-0.4, -0.2) is 72.2 Å². The SMILES string of the molecule is COc1ccccc1[C@H]1CC(c2ccccc2F)=NN1C(=O)CN1CCN(C(C)=O)CC1. The van der Waals surface area contributed by atoms with E-state index in [4.69, 9.17) is 4.74 Å². The first-order valence-electron chi connectivity index (χ1n) is 10.7. The van der Waals surface area contributed by atoms with Gasteiger partial charge in [0.15, 0.2) is 0 Å². The molecule has 0 bridgehead atoms. The summed E-state index contributed by atoms with van der Waals surface area (Å²) in [6.45, 7) is 4.20. The number of para-hydroxylation sites is 1. The maximum Gasteiger partial charge on any atom is 0.257 e. The molecule has 168 valence electrons. The second-order valence-corrected chi connectivity index (χ2v) is 8.01. The number of amides is 2. The Kier molecular flexibility index (Phi) is 6.50. The van der Waals surface area contributed by atoms with E-state index in [1.54, 1.807) is 37.1 Å². The van der Waals surface area contributed by atoms with Gasteiger partial charge in [0, 0.05) is 50.7 Å². The third-order valence-electron chi connectivity index (χ3n) is 6.03. The summed E-state index contributed by atoms with van der Waals surface area (Å²) in [5, 5.41) is 6.04. The first-order chi connectivity index (χ1) is 15.5. The van der Waals surface area contributed by atoms with Gasteiger partial charge < -0.3 is 9.64 Å². The van der Waals surface area contributed by atoms with Crippen molar-refractivity contribution in [3.05, 3.63) is 65.5 Å². The molecule has 2 aliphatic rings. The van der Waals surface area contributed by atoms with Crippen molar-refractivity contribution in [1.82, 2.24) is 14.8 Å². The molecule has 0 unspecified atom stereocenters. The smallest absolute Gasteiger partial charge is 0.257 e. The fourth-order valence-electron chi connectivity index (χ4n) is 4.27. The van der Waals surface area contributed by atoms with Crippen molar-refractivity contribution >= 4 is 17.5 Å². The highest BCUT2D eigenvalue weighted by atomic mass is 19.1. The third kappa shape index (κ3) is 4.50. The van der Waals surface area contributed by atoms with E-state index in [0.29, 0.717) is 49.6 Å². The molecular weight excluding hydrogens is 411 g/mol. The molecule has 0 radical (unpaired) electrons. The molecule has 1 fully saturated rings. The lowest BCUT2D eigenvalue weighted by atomic mass is 9.97. The number of carbonyl (C=O) groups is 2. The van der Waals surface area contributed by atoms with Crippen LogP contribution in [0.4, 0.5) is 4.39 Å². The highest BCUT2D eigenvalue weighted by molar-refractivity contribution is 6.03. The summed E-state index contributed by atoms with van der Waals surface area (Å²) < 4.78 is 20.0. The van der Waals surface area contributed by atoms with Crippen molar-refractivity contribution < 1.29 is 18.7 Å². The Hall–Kier alpha value is -3.26. The average Bonchev–Trinajstić information content (AvgIpc) is 3.25. The van der Waals surface area contributed by atoms with E-state index >= 15 is 0 Å². The minimum atomic E-state index is -0.383. The van der Waals surface area contributed by atoms with Crippen LogP contribution in [0.5, 0.6) is 5.75 Å². The third-order valence-corrected chi connectivity index (χ3v) is 6.03. The summed E-state index contributed by atoms with van der Waals surface area (Å²) in [7, 11) is 1.59. The first-order valence-corrected chi connectivity index (χ1v) is 10.7. The number of ether oxygens (including phenoxy) is 1. The minimum Gasteiger partial charge on any atom is -0.496 e. The molecule has 1 atom stereocenters. The van der Waals surface area contributed by atoms with Gasteiger partial charge >= 0.3 is 0 Å². The highest BCUT2D eigenvalue weighted by Crippen LogP contribution is 2.37. The van der Waals surface area contributed by atoms with Gasteiger partial charge in [-0.3, -0.25) is 14.5 Å². The molecule has 4 rings (SSSR count). The van der Waals surface area contributed by atoms with E-state index < -0.39 is 0 Å². The summed E-state index contributed by atoms with van der Waals surface area (Å²) >= 11 is 0. The van der Waals surface area contributed by atoms with Gasteiger partial charge in [-0.05, 0) is 12.1 Å². The molecule has 0 spiro atoms. The molecule has 2 aromatic rings. The van der Waals surface area contributed by atoms with Gasteiger partial charge in [0.05, 0.1) is 25.4 Å². The van der Waals surface area contributed by atoms with Gasteiger partial charge in [-0.2, -0.15) is 5.10 Å². The molecule has 8 heteroatoms. The Balaban J connectivity index is 1.59. The van der Waals surface area contributed by atoms with Crippen LogP contribution in [-0.2, 0) is 9.59 Å². The van der Waals surface area contributed by atoms with Crippen molar-refractivity contribution in [2.75, 3.05) is 39.8 Å². The summed E-state index contributed by atoms with van der Waals surface area (Å²) in [5.74, 6) is 0.185. The van der Waals surface area contributed by atoms with Gasteiger partial charge in [-0.1, -0.05) is 36.4 Å². The summed E-state index contributed by atoms with van der Waals surface area (Å²) in [6.07, 6.45) is 0.394. The van der Waals surface area contributed by atoms with Crippen LogP contribution in [0.1, 0.15) is 30.5 Å². The van der Waals surface area contributed by atoms with E-state index in [0.717, 1.165) is 5.56 Å². The molecule has 2 aliphatic heterocycles. The van der Waals surface area contributed by atoms with Crippen molar-refractivity contribution in [3.63, 3.8) is 0 Å². The lowest BCUT2D eigenvalue weighted by Crippen LogP contribution is -2.50. The molecule has 0 aromatic heterocycles. The molecule has 2 heterocycles. The lowest BCUT2D eigenvalue weighted by molar-refractivity contribution is -0.135. The van der Waals surface area contributed by atoms with Crippen molar-refractivity contribution in [2.45, 2.75) is 19.4 Å². The Morgan fingerprint density at radius 1 is 1.06 bits per heavy atom. The summed E-state index contributed by atoms with van der Waals surface area (Å²) in [6, 6.07) is 13.6. The highest BCUT2D eigenvalue weighted by Gasteiger charge is 2.36. The molecule has 1 saturated heterocycles. The normalized spacial score (nSPS) is 19.1. The van der Waals surface area contributed by atoms with Crippen molar-refractivity contribution in [3.8, 4) is 5.75 Å². The predicted octanol–water partition coefficient (Wildman–Crippen LogP) is 2.68. The lowest BCUT2D eigenvalue weighted by Gasteiger charge is -2.34. The molecule has 32 heavy (non-hydrogen) atoms. The topological polar surface area (TPSA) is 65.5 Å². The second kappa shape index (κ2) is 9.48. The van der Waals surface area contributed by atoms with E-state index in [1.807, 2.05) is 29.2 Å². The quantitative estimate of drug-likeness (QED) is 0.720. The molecule has 0 N–H and O–H groups in total. The molecule has 2 amide bonds. The van der Waals surface area contributed by atoms with Crippen LogP contribution in [0.15, 0.2) is 53.6 Å². The maximum atomic E-state index is 14.5. The molecule has 0 saturated carbocycles. The van der Waals surface area contributed by atoms with Crippen LogP contribution in [0.25, 0.3) is 0 Å².